The summed E-state index contributed by atoms with van der Waals surface area (Å²) in [6.45, 7) is 4.41. The van der Waals surface area contributed by atoms with Gasteiger partial charge in [0.25, 0.3) is 0 Å². The van der Waals surface area contributed by atoms with E-state index in [2.05, 4.69) is 5.32 Å². The predicted molar refractivity (Wildman–Crippen MR) is 109 cm³/mol. The quantitative estimate of drug-likeness (QED) is 0.722. The molecule has 0 atom stereocenters. The molecule has 0 aliphatic carbocycles. The van der Waals surface area contributed by atoms with E-state index in [1.54, 1.807) is 19.1 Å². The molecule has 6 heteroatoms. The molecule has 0 spiro atoms. The van der Waals surface area contributed by atoms with Crippen LogP contribution in [0.5, 0.6) is 11.5 Å². The van der Waals surface area contributed by atoms with Crippen LogP contribution in [0.15, 0.2) is 42.5 Å². The summed E-state index contributed by atoms with van der Waals surface area (Å²) in [7, 11) is 3.18. The van der Waals surface area contributed by atoms with Crippen LogP contribution in [-0.2, 0) is 22.6 Å². The molecule has 0 aromatic heterocycles. The number of hydrogen-bond donors (Lipinski definition) is 1. The Morgan fingerprint density at radius 2 is 1.75 bits per heavy atom. The third-order valence-electron chi connectivity index (χ3n) is 4.59. The van der Waals surface area contributed by atoms with Gasteiger partial charge in [-0.1, -0.05) is 30.3 Å². The molecule has 2 aromatic carbocycles. The van der Waals surface area contributed by atoms with Crippen molar-refractivity contribution in [3.05, 3.63) is 59.2 Å². The second kappa shape index (κ2) is 10.3. The van der Waals surface area contributed by atoms with E-state index in [9.17, 15) is 9.59 Å². The number of nitrogens with one attached hydrogen (secondary N) is 1. The van der Waals surface area contributed by atoms with Gasteiger partial charge in [-0.2, -0.15) is 0 Å². The van der Waals surface area contributed by atoms with Crippen LogP contribution in [0.4, 0.5) is 0 Å². The van der Waals surface area contributed by atoms with Gasteiger partial charge in [-0.3, -0.25) is 9.59 Å². The van der Waals surface area contributed by atoms with Gasteiger partial charge in [0, 0.05) is 20.0 Å². The van der Waals surface area contributed by atoms with E-state index in [0.29, 0.717) is 31.0 Å². The van der Waals surface area contributed by atoms with E-state index in [4.69, 9.17) is 9.47 Å². The van der Waals surface area contributed by atoms with Crippen LogP contribution >= 0.6 is 0 Å². The van der Waals surface area contributed by atoms with Gasteiger partial charge >= 0.3 is 0 Å². The average Bonchev–Trinajstić information content (AvgIpc) is 2.68. The zero-order chi connectivity index (χ0) is 20.5. The Hall–Kier alpha value is -3.02. The normalized spacial score (nSPS) is 10.3. The lowest BCUT2D eigenvalue weighted by atomic mass is 10.1. The third kappa shape index (κ3) is 6.01. The molecule has 0 bridgehead atoms. The Morgan fingerprint density at radius 3 is 2.39 bits per heavy atom. The summed E-state index contributed by atoms with van der Waals surface area (Å²) < 4.78 is 10.5. The Bertz CT molecular complexity index is 820. The number of ether oxygens (including phenoxy) is 2. The molecule has 0 heterocycles. The number of amides is 2. The highest BCUT2D eigenvalue weighted by molar-refractivity contribution is 5.83. The molecule has 28 heavy (non-hydrogen) atoms. The molecule has 1 N–H and O–H groups in total. The second-order valence-electron chi connectivity index (χ2n) is 6.59. The first-order valence-electron chi connectivity index (χ1n) is 9.22. The highest BCUT2D eigenvalue weighted by atomic mass is 16.5. The number of rotatable bonds is 9. The molecule has 2 rings (SSSR count). The maximum atomic E-state index is 12.3. The Labute approximate surface area is 166 Å². The van der Waals surface area contributed by atoms with Crippen LogP contribution < -0.4 is 14.8 Å². The lowest BCUT2D eigenvalue weighted by Crippen LogP contribution is -2.40. The fourth-order valence-corrected chi connectivity index (χ4v) is 2.88. The van der Waals surface area contributed by atoms with Gasteiger partial charge in [-0.15, -0.1) is 0 Å². The van der Waals surface area contributed by atoms with E-state index in [-0.39, 0.29) is 18.4 Å². The molecule has 150 valence electrons. The number of hydrogen-bond acceptors (Lipinski definition) is 4. The molecule has 0 aliphatic rings. The van der Waals surface area contributed by atoms with E-state index in [1.807, 2.05) is 49.4 Å². The molecule has 2 amide bonds. The van der Waals surface area contributed by atoms with Gasteiger partial charge in [0.1, 0.15) is 0 Å². The van der Waals surface area contributed by atoms with Crippen molar-refractivity contribution in [2.24, 2.45) is 0 Å². The first-order chi connectivity index (χ1) is 13.4. The molecule has 0 saturated carbocycles. The maximum Gasteiger partial charge on any atom is 0.239 e. The van der Waals surface area contributed by atoms with E-state index >= 15 is 0 Å². The minimum absolute atomic E-state index is 0.0373. The number of aryl methyl sites for hydroxylation is 1. The standard InChI is InChI=1S/C22H28N2O4/c1-16-7-5-6-8-19(16)14-24(17(2)25)15-22(26)23-12-11-18-9-10-20(27-3)21(13-18)28-4/h5-10,13H,11-12,14-15H2,1-4H3,(H,23,26). The van der Waals surface area contributed by atoms with Crippen molar-refractivity contribution in [3.63, 3.8) is 0 Å². The fraction of sp³-hybridized carbons (Fsp3) is 0.364. The first-order valence-corrected chi connectivity index (χ1v) is 9.22. The van der Waals surface area contributed by atoms with Gasteiger partial charge in [0.2, 0.25) is 11.8 Å². The minimum Gasteiger partial charge on any atom is -0.493 e. The van der Waals surface area contributed by atoms with Crippen LogP contribution in [0.25, 0.3) is 0 Å². The van der Waals surface area contributed by atoms with Crippen molar-refractivity contribution < 1.29 is 19.1 Å². The fourth-order valence-electron chi connectivity index (χ4n) is 2.88. The third-order valence-corrected chi connectivity index (χ3v) is 4.59. The van der Waals surface area contributed by atoms with Crippen molar-refractivity contribution in [1.82, 2.24) is 10.2 Å². The van der Waals surface area contributed by atoms with Gasteiger partial charge < -0.3 is 19.7 Å². The predicted octanol–water partition coefficient (Wildman–Crippen LogP) is 2.72. The minimum atomic E-state index is -0.177. The van der Waals surface area contributed by atoms with Crippen molar-refractivity contribution in [2.75, 3.05) is 27.3 Å². The summed E-state index contributed by atoms with van der Waals surface area (Å²) in [6, 6.07) is 13.5. The van der Waals surface area contributed by atoms with Crippen molar-refractivity contribution in [1.29, 1.82) is 0 Å². The summed E-state index contributed by atoms with van der Waals surface area (Å²) in [5, 5.41) is 2.88. The lowest BCUT2D eigenvalue weighted by molar-refractivity contribution is -0.134. The molecule has 0 unspecified atom stereocenters. The number of carbonyl (C=O) groups is 2. The van der Waals surface area contributed by atoms with Crippen LogP contribution in [0.1, 0.15) is 23.6 Å². The Morgan fingerprint density at radius 1 is 1.04 bits per heavy atom. The monoisotopic (exact) mass is 384 g/mol. The molecular weight excluding hydrogens is 356 g/mol. The van der Waals surface area contributed by atoms with Crippen molar-refractivity contribution in [2.45, 2.75) is 26.8 Å². The zero-order valence-electron chi connectivity index (χ0n) is 17.0. The number of benzene rings is 2. The van der Waals surface area contributed by atoms with Gasteiger partial charge in [-0.25, -0.2) is 0 Å². The highest BCUT2D eigenvalue weighted by Crippen LogP contribution is 2.27. The lowest BCUT2D eigenvalue weighted by Gasteiger charge is -2.21. The average molecular weight is 384 g/mol. The van der Waals surface area contributed by atoms with Gasteiger partial charge in [0.05, 0.1) is 20.8 Å². The van der Waals surface area contributed by atoms with Crippen molar-refractivity contribution in [3.8, 4) is 11.5 Å². The van der Waals surface area contributed by atoms with Crippen LogP contribution in [0.3, 0.4) is 0 Å². The maximum absolute atomic E-state index is 12.3. The zero-order valence-corrected chi connectivity index (χ0v) is 17.0. The van der Waals surface area contributed by atoms with E-state index in [0.717, 1.165) is 16.7 Å². The summed E-state index contributed by atoms with van der Waals surface area (Å²) >= 11 is 0. The molecule has 2 aromatic rings. The molecule has 0 aliphatic heterocycles. The molecule has 6 nitrogen and oxygen atoms in total. The summed E-state index contributed by atoms with van der Waals surface area (Å²) in [6.07, 6.45) is 0.657. The van der Waals surface area contributed by atoms with Gasteiger partial charge in [0.15, 0.2) is 11.5 Å². The topological polar surface area (TPSA) is 67.9 Å². The number of methoxy groups -OCH3 is 2. The van der Waals surface area contributed by atoms with E-state index < -0.39 is 0 Å². The Balaban J connectivity index is 1.88. The SMILES string of the molecule is COc1ccc(CCNC(=O)CN(Cc2ccccc2C)C(C)=O)cc1OC. The van der Waals surface area contributed by atoms with Gasteiger partial charge in [-0.05, 0) is 42.2 Å². The highest BCUT2D eigenvalue weighted by Gasteiger charge is 2.15. The van der Waals surface area contributed by atoms with Crippen LogP contribution in [0, 0.1) is 6.92 Å². The molecule has 0 saturated heterocycles. The Kier molecular flexibility index (Phi) is 7.87. The van der Waals surface area contributed by atoms with Crippen molar-refractivity contribution >= 4 is 11.8 Å². The molecular formula is C22H28N2O4. The molecule has 0 radical (unpaired) electrons. The summed E-state index contributed by atoms with van der Waals surface area (Å²) in [4.78, 5) is 25.8. The van der Waals surface area contributed by atoms with E-state index in [1.165, 1.54) is 6.92 Å². The smallest absolute Gasteiger partial charge is 0.239 e. The summed E-state index contributed by atoms with van der Waals surface area (Å²) in [5.74, 6) is 1.03. The molecule has 0 fully saturated rings. The van der Waals surface area contributed by atoms with Crippen LogP contribution in [0.2, 0.25) is 0 Å². The largest absolute Gasteiger partial charge is 0.493 e. The number of carbonyl (C=O) groups excluding carboxylic acids is 2. The second-order valence-corrected chi connectivity index (χ2v) is 6.59. The number of nitrogens with zero attached hydrogens (tertiary/aromatic N) is 1. The summed E-state index contributed by atoms with van der Waals surface area (Å²) in [5.41, 5.74) is 3.17. The first kappa shape index (κ1) is 21.3. The van der Waals surface area contributed by atoms with Crippen LogP contribution in [-0.4, -0.2) is 44.0 Å².